The molecule has 1 amide bonds. The van der Waals surface area contributed by atoms with Gasteiger partial charge in [-0.3, -0.25) is 9.89 Å². The van der Waals surface area contributed by atoms with Gasteiger partial charge in [0, 0.05) is 25.6 Å². The molecule has 1 atom stereocenters. The van der Waals surface area contributed by atoms with E-state index in [-0.39, 0.29) is 12.0 Å². The van der Waals surface area contributed by atoms with Gasteiger partial charge in [0.15, 0.2) is 4.77 Å². The number of aromatic amines is 1. The van der Waals surface area contributed by atoms with Gasteiger partial charge < -0.3 is 14.6 Å². The SMILES string of the molecule is O=C(C[C@@H]1CCCCO1)NCCc1n[nH]c(=S)n1C1CC1. The zero-order chi connectivity index (χ0) is 14.7. The highest BCUT2D eigenvalue weighted by Crippen LogP contribution is 2.35. The van der Waals surface area contributed by atoms with Crippen LogP contribution in [0.25, 0.3) is 0 Å². The lowest BCUT2D eigenvalue weighted by molar-refractivity contribution is -0.124. The number of nitrogens with one attached hydrogen (secondary N) is 2. The predicted octanol–water partition coefficient (Wildman–Crippen LogP) is 1.89. The Morgan fingerprint density at radius 1 is 1.43 bits per heavy atom. The van der Waals surface area contributed by atoms with Crippen LogP contribution in [0.5, 0.6) is 0 Å². The summed E-state index contributed by atoms with van der Waals surface area (Å²) in [4.78, 5) is 11.9. The summed E-state index contributed by atoms with van der Waals surface area (Å²) in [6.07, 6.45) is 6.89. The molecular weight excluding hydrogens is 288 g/mol. The molecule has 2 N–H and O–H groups in total. The van der Waals surface area contributed by atoms with Crippen LogP contribution in [-0.4, -0.2) is 39.9 Å². The molecule has 1 saturated heterocycles. The molecule has 116 valence electrons. The fourth-order valence-electron chi connectivity index (χ4n) is 2.78. The van der Waals surface area contributed by atoms with Gasteiger partial charge in [0.1, 0.15) is 5.82 Å². The maximum absolute atomic E-state index is 11.9. The summed E-state index contributed by atoms with van der Waals surface area (Å²) in [7, 11) is 0. The van der Waals surface area contributed by atoms with Gasteiger partial charge in [0.05, 0.1) is 12.5 Å². The number of aromatic nitrogens is 3. The molecule has 2 aliphatic rings. The van der Waals surface area contributed by atoms with Crippen molar-refractivity contribution in [2.24, 2.45) is 0 Å². The summed E-state index contributed by atoms with van der Waals surface area (Å²) in [5, 5.41) is 10.1. The minimum Gasteiger partial charge on any atom is -0.378 e. The minimum absolute atomic E-state index is 0.0639. The van der Waals surface area contributed by atoms with Gasteiger partial charge >= 0.3 is 0 Å². The zero-order valence-electron chi connectivity index (χ0n) is 12.1. The third-order valence-electron chi connectivity index (χ3n) is 4.05. The molecule has 2 fully saturated rings. The van der Waals surface area contributed by atoms with Gasteiger partial charge in [-0.25, -0.2) is 0 Å². The van der Waals surface area contributed by atoms with Crippen molar-refractivity contribution in [3.63, 3.8) is 0 Å². The van der Waals surface area contributed by atoms with E-state index in [9.17, 15) is 4.79 Å². The van der Waals surface area contributed by atoms with Gasteiger partial charge in [-0.05, 0) is 44.3 Å². The summed E-state index contributed by atoms with van der Waals surface area (Å²) in [5.74, 6) is 1.01. The Morgan fingerprint density at radius 3 is 3.00 bits per heavy atom. The molecule has 1 saturated carbocycles. The monoisotopic (exact) mass is 310 g/mol. The number of rotatable bonds is 6. The number of carbonyl (C=O) groups excluding carboxylic acids is 1. The van der Waals surface area contributed by atoms with E-state index < -0.39 is 0 Å². The summed E-state index contributed by atoms with van der Waals surface area (Å²) in [5.41, 5.74) is 0. The van der Waals surface area contributed by atoms with Crippen molar-refractivity contribution in [3.8, 4) is 0 Å². The Kier molecular flexibility index (Phi) is 4.70. The van der Waals surface area contributed by atoms with Crippen LogP contribution in [0.2, 0.25) is 0 Å². The molecule has 0 spiro atoms. The van der Waals surface area contributed by atoms with Crippen LogP contribution < -0.4 is 5.32 Å². The number of H-pyrrole nitrogens is 1. The second-order valence-corrected chi connectivity index (χ2v) is 6.23. The van der Waals surface area contributed by atoms with Crippen molar-refractivity contribution < 1.29 is 9.53 Å². The van der Waals surface area contributed by atoms with E-state index in [1.54, 1.807) is 0 Å². The third-order valence-corrected chi connectivity index (χ3v) is 4.34. The Bertz CT molecular complexity index is 543. The van der Waals surface area contributed by atoms with Gasteiger partial charge in [-0.2, -0.15) is 5.10 Å². The normalized spacial score (nSPS) is 22.2. The summed E-state index contributed by atoms with van der Waals surface area (Å²) in [6, 6.07) is 0.512. The average Bonchev–Trinajstić information content (AvgIpc) is 3.24. The lowest BCUT2D eigenvalue weighted by Crippen LogP contribution is -2.32. The topological polar surface area (TPSA) is 71.9 Å². The molecule has 0 aromatic carbocycles. The number of hydrogen-bond acceptors (Lipinski definition) is 4. The number of hydrogen-bond donors (Lipinski definition) is 2. The molecule has 7 heteroatoms. The fourth-order valence-corrected chi connectivity index (χ4v) is 3.08. The van der Waals surface area contributed by atoms with Crippen LogP contribution >= 0.6 is 12.2 Å². The van der Waals surface area contributed by atoms with Crippen LogP contribution in [0.1, 0.15) is 50.4 Å². The first-order chi connectivity index (χ1) is 10.2. The van der Waals surface area contributed by atoms with Gasteiger partial charge in [0.2, 0.25) is 5.91 Å². The highest BCUT2D eigenvalue weighted by atomic mass is 32.1. The minimum atomic E-state index is 0.0639. The summed E-state index contributed by atoms with van der Waals surface area (Å²) < 4.78 is 8.36. The average molecular weight is 310 g/mol. The van der Waals surface area contributed by atoms with E-state index in [1.807, 2.05) is 0 Å². The summed E-state index contributed by atoms with van der Waals surface area (Å²) in [6.45, 7) is 1.38. The molecule has 0 unspecified atom stereocenters. The first-order valence-electron chi connectivity index (χ1n) is 7.78. The van der Waals surface area contributed by atoms with E-state index in [0.29, 0.717) is 30.2 Å². The quantitative estimate of drug-likeness (QED) is 0.787. The number of nitrogens with zero attached hydrogens (tertiary/aromatic N) is 2. The van der Waals surface area contributed by atoms with Crippen molar-refractivity contribution in [2.75, 3.05) is 13.2 Å². The zero-order valence-corrected chi connectivity index (χ0v) is 13.0. The molecule has 0 radical (unpaired) electrons. The molecule has 6 nitrogen and oxygen atoms in total. The standard InChI is InChI=1S/C14H22N4O2S/c19-13(9-11-3-1-2-8-20-11)15-7-6-12-16-17-14(21)18(12)10-4-5-10/h10-11H,1-9H2,(H,15,19)(H,17,21)/t11-/m0/s1. The van der Waals surface area contributed by atoms with E-state index in [2.05, 4.69) is 20.1 Å². The van der Waals surface area contributed by atoms with Crippen LogP contribution in [0.4, 0.5) is 0 Å². The highest BCUT2D eigenvalue weighted by Gasteiger charge is 2.27. The second kappa shape index (κ2) is 6.70. The van der Waals surface area contributed by atoms with Gasteiger partial charge in [-0.1, -0.05) is 0 Å². The number of carbonyl (C=O) groups is 1. The highest BCUT2D eigenvalue weighted by molar-refractivity contribution is 7.71. The largest absolute Gasteiger partial charge is 0.378 e. The second-order valence-electron chi connectivity index (χ2n) is 5.84. The van der Waals surface area contributed by atoms with E-state index in [0.717, 1.165) is 31.7 Å². The van der Waals surface area contributed by atoms with E-state index in [1.165, 1.54) is 12.8 Å². The fraction of sp³-hybridized carbons (Fsp3) is 0.786. The Hall–Kier alpha value is -1.21. The molecule has 3 rings (SSSR count). The van der Waals surface area contributed by atoms with Crippen molar-refractivity contribution in [1.29, 1.82) is 0 Å². The molecule has 2 heterocycles. The maximum Gasteiger partial charge on any atom is 0.222 e. The summed E-state index contributed by atoms with van der Waals surface area (Å²) >= 11 is 5.24. The molecule has 1 aromatic heterocycles. The van der Waals surface area contributed by atoms with Crippen molar-refractivity contribution in [1.82, 2.24) is 20.1 Å². The molecular formula is C14H22N4O2S. The first-order valence-corrected chi connectivity index (χ1v) is 8.19. The maximum atomic E-state index is 11.9. The van der Waals surface area contributed by atoms with Crippen LogP contribution in [-0.2, 0) is 16.0 Å². The van der Waals surface area contributed by atoms with Crippen LogP contribution in [0.3, 0.4) is 0 Å². The van der Waals surface area contributed by atoms with Gasteiger partial charge in [-0.15, -0.1) is 0 Å². The lowest BCUT2D eigenvalue weighted by Gasteiger charge is -2.21. The Morgan fingerprint density at radius 2 is 2.29 bits per heavy atom. The Labute approximate surface area is 129 Å². The van der Waals surface area contributed by atoms with Crippen molar-refractivity contribution in [3.05, 3.63) is 10.6 Å². The molecule has 1 aliphatic heterocycles. The molecule has 1 aliphatic carbocycles. The number of ether oxygens (including phenoxy) is 1. The smallest absolute Gasteiger partial charge is 0.222 e. The van der Waals surface area contributed by atoms with E-state index in [4.69, 9.17) is 17.0 Å². The third kappa shape index (κ3) is 3.91. The lowest BCUT2D eigenvalue weighted by atomic mass is 10.1. The molecule has 0 bridgehead atoms. The number of amides is 1. The Balaban J connectivity index is 1.43. The van der Waals surface area contributed by atoms with Gasteiger partial charge in [0.25, 0.3) is 0 Å². The van der Waals surface area contributed by atoms with Crippen molar-refractivity contribution >= 4 is 18.1 Å². The van der Waals surface area contributed by atoms with Crippen LogP contribution in [0, 0.1) is 4.77 Å². The van der Waals surface area contributed by atoms with Crippen molar-refractivity contribution in [2.45, 2.75) is 57.1 Å². The predicted molar refractivity (Wildman–Crippen MR) is 80.6 cm³/mol. The molecule has 21 heavy (non-hydrogen) atoms. The van der Waals surface area contributed by atoms with Crippen LogP contribution in [0.15, 0.2) is 0 Å². The first kappa shape index (κ1) is 14.7. The molecule has 1 aromatic rings. The van der Waals surface area contributed by atoms with E-state index >= 15 is 0 Å².